The largest absolute Gasteiger partial charge is 0.349 e. The Labute approximate surface area is 154 Å². The van der Waals surface area contributed by atoms with Gasteiger partial charge in [-0.3, -0.25) is 9.59 Å². The Morgan fingerprint density at radius 3 is 2.15 bits per heavy atom. The summed E-state index contributed by atoms with van der Waals surface area (Å²) in [6.45, 7) is 1.54. The lowest BCUT2D eigenvalue weighted by molar-refractivity contribution is 0.0932. The molecule has 0 spiro atoms. The Morgan fingerprint density at radius 1 is 0.923 bits per heavy atom. The SMILES string of the molecule is CC(=O)c1ccc(Nc2ccc(C(=O)NC3CCCCCC3)cn2)cc1. The molecule has 1 aromatic carbocycles. The zero-order valence-corrected chi connectivity index (χ0v) is 15.1. The molecule has 2 aromatic rings. The van der Waals surface area contributed by atoms with Crippen molar-refractivity contribution in [2.24, 2.45) is 0 Å². The minimum atomic E-state index is -0.0539. The Kier molecular flexibility index (Phi) is 6.00. The Bertz CT molecular complexity index is 746. The minimum absolute atomic E-state index is 0.0405. The summed E-state index contributed by atoms with van der Waals surface area (Å²) in [7, 11) is 0. The van der Waals surface area contributed by atoms with Gasteiger partial charge in [0.05, 0.1) is 5.56 Å². The molecule has 5 heteroatoms. The van der Waals surface area contributed by atoms with Crippen LogP contribution in [-0.2, 0) is 0 Å². The Hall–Kier alpha value is -2.69. The van der Waals surface area contributed by atoms with Crippen LogP contribution < -0.4 is 10.6 Å². The molecule has 1 aliphatic rings. The van der Waals surface area contributed by atoms with E-state index in [-0.39, 0.29) is 17.7 Å². The summed E-state index contributed by atoms with van der Waals surface area (Å²) in [5.41, 5.74) is 2.10. The molecule has 0 bridgehead atoms. The van der Waals surface area contributed by atoms with E-state index in [1.807, 2.05) is 12.1 Å². The lowest BCUT2D eigenvalue weighted by atomic mass is 10.1. The van der Waals surface area contributed by atoms with Crippen LogP contribution in [0.15, 0.2) is 42.6 Å². The third-order valence-electron chi connectivity index (χ3n) is 4.78. The molecule has 0 aliphatic heterocycles. The van der Waals surface area contributed by atoms with Crippen molar-refractivity contribution in [1.29, 1.82) is 0 Å². The van der Waals surface area contributed by atoms with Gasteiger partial charge in [0.25, 0.3) is 5.91 Å². The molecule has 1 aromatic heterocycles. The summed E-state index contributed by atoms with van der Waals surface area (Å²) in [6.07, 6.45) is 8.63. The summed E-state index contributed by atoms with van der Waals surface area (Å²) >= 11 is 0. The van der Waals surface area contributed by atoms with Crippen molar-refractivity contribution < 1.29 is 9.59 Å². The highest BCUT2D eigenvalue weighted by Crippen LogP contribution is 2.18. The van der Waals surface area contributed by atoms with Gasteiger partial charge in [0.15, 0.2) is 5.78 Å². The molecule has 3 rings (SSSR count). The maximum absolute atomic E-state index is 12.4. The number of pyridine rings is 1. The fourth-order valence-electron chi connectivity index (χ4n) is 3.23. The first-order valence-corrected chi connectivity index (χ1v) is 9.27. The maximum atomic E-state index is 12.4. The first-order chi connectivity index (χ1) is 12.6. The summed E-state index contributed by atoms with van der Waals surface area (Å²) in [5.74, 6) is 0.645. The monoisotopic (exact) mass is 351 g/mol. The van der Waals surface area contributed by atoms with Crippen molar-refractivity contribution in [3.05, 3.63) is 53.7 Å². The summed E-state index contributed by atoms with van der Waals surface area (Å²) in [6, 6.07) is 11.1. The van der Waals surface area contributed by atoms with Gasteiger partial charge >= 0.3 is 0 Å². The van der Waals surface area contributed by atoms with Crippen LogP contribution in [0.3, 0.4) is 0 Å². The van der Waals surface area contributed by atoms with Gasteiger partial charge in [-0.25, -0.2) is 4.98 Å². The van der Waals surface area contributed by atoms with E-state index in [1.54, 1.807) is 37.4 Å². The van der Waals surface area contributed by atoms with Crippen LogP contribution in [0.4, 0.5) is 11.5 Å². The van der Waals surface area contributed by atoms with Crippen LogP contribution in [-0.4, -0.2) is 22.7 Å². The number of nitrogens with zero attached hydrogens (tertiary/aromatic N) is 1. The van der Waals surface area contributed by atoms with Crippen LogP contribution in [0.2, 0.25) is 0 Å². The molecule has 0 unspecified atom stereocenters. The minimum Gasteiger partial charge on any atom is -0.349 e. The zero-order valence-electron chi connectivity index (χ0n) is 15.1. The number of hydrogen-bond acceptors (Lipinski definition) is 4. The lowest BCUT2D eigenvalue weighted by Crippen LogP contribution is -2.34. The van der Waals surface area contributed by atoms with Crippen LogP contribution in [0, 0.1) is 0 Å². The van der Waals surface area contributed by atoms with E-state index in [1.165, 1.54) is 25.7 Å². The number of hydrogen-bond donors (Lipinski definition) is 2. The molecule has 1 heterocycles. The van der Waals surface area contributed by atoms with Crippen LogP contribution in [0.25, 0.3) is 0 Å². The predicted molar refractivity (Wildman–Crippen MR) is 103 cm³/mol. The number of nitrogens with one attached hydrogen (secondary N) is 2. The summed E-state index contributed by atoms with van der Waals surface area (Å²) < 4.78 is 0. The normalized spacial score (nSPS) is 15.1. The number of aromatic nitrogens is 1. The van der Waals surface area contributed by atoms with E-state index in [0.29, 0.717) is 16.9 Å². The lowest BCUT2D eigenvalue weighted by Gasteiger charge is -2.16. The van der Waals surface area contributed by atoms with E-state index in [2.05, 4.69) is 15.6 Å². The standard InChI is InChI=1S/C21H25N3O2/c1-15(25)16-8-11-19(12-9-16)23-20-13-10-17(14-22-20)21(26)24-18-6-4-2-3-5-7-18/h8-14,18H,2-7H2,1H3,(H,22,23)(H,24,26). The van der Waals surface area contributed by atoms with E-state index < -0.39 is 0 Å². The smallest absolute Gasteiger partial charge is 0.253 e. The predicted octanol–water partition coefficient (Wildman–Crippen LogP) is 4.48. The molecule has 0 radical (unpaired) electrons. The molecule has 0 atom stereocenters. The highest BCUT2D eigenvalue weighted by atomic mass is 16.1. The van der Waals surface area contributed by atoms with Gasteiger partial charge in [-0.2, -0.15) is 0 Å². The highest BCUT2D eigenvalue weighted by Gasteiger charge is 2.16. The molecule has 2 N–H and O–H groups in total. The Balaban J connectivity index is 1.58. The number of benzene rings is 1. The molecule has 136 valence electrons. The molecule has 0 saturated heterocycles. The molecule has 1 amide bonds. The van der Waals surface area contributed by atoms with Gasteiger partial charge in [-0.1, -0.05) is 25.7 Å². The number of ketones is 1. The maximum Gasteiger partial charge on any atom is 0.253 e. The van der Waals surface area contributed by atoms with Crippen LogP contribution >= 0.6 is 0 Å². The molecular formula is C21H25N3O2. The number of carbonyl (C=O) groups is 2. The Morgan fingerprint density at radius 2 is 1.58 bits per heavy atom. The molecule has 1 saturated carbocycles. The topological polar surface area (TPSA) is 71.1 Å². The third-order valence-corrected chi connectivity index (χ3v) is 4.78. The van der Waals surface area contributed by atoms with Crippen molar-refractivity contribution in [2.45, 2.75) is 51.5 Å². The second-order valence-corrected chi connectivity index (χ2v) is 6.85. The second-order valence-electron chi connectivity index (χ2n) is 6.85. The number of rotatable bonds is 5. The fourth-order valence-corrected chi connectivity index (χ4v) is 3.23. The van der Waals surface area contributed by atoms with E-state index in [0.717, 1.165) is 18.5 Å². The number of carbonyl (C=O) groups excluding carboxylic acids is 2. The van der Waals surface area contributed by atoms with Crippen LogP contribution in [0.1, 0.15) is 66.2 Å². The van der Waals surface area contributed by atoms with Crippen molar-refractivity contribution in [3.8, 4) is 0 Å². The second kappa shape index (κ2) is 8.61. The van der Waals surface area contributed by atoms with Gasteiger partial charge in [-0.15, -0.1) is 0 Å². The molecule has 26 heavy (non-hydrogen) atoms. The number of amides is 1. The van der Waals surface area contributed by atoms with Crippen molar-refractivity contribution >= 4 is 23.2 Å². The molecule has 1 fully saturated rings. The third kappa shape index (κ3) is 4.91. The molecule has 1 aliphatic carbocycles. The van der Waals surface area contributed by atoms with E-state index >= 15 is 0 Å². The van der Waals surface area contributed by atoms with Crippen molar-refractivity contribution in [2.75, 3.05) is 5.32 Å². The number of anilines is 2. The molecular weight excluding hydrogens is 326 g/mol. The van der Waals surface area contributed by atoms with E-state index in [9.17, 15) is 9.59 Å². The van der Waals surface area contributed by atoms with E-state index in [4.69, 9.17) is 0 Å². The van der Waals surface area contributed by atoms with Gasteiger partial charge in [-0.05, 0) is 56.2 Å². The quantitative estimate of drug-likeness (QED) is 0.615. The zero-order chi connectivity index (χ0) is 18.4. The number of Topliss-reactive ketones (excluding diaryl/α,β-unsaturated/α-hetero) is 1. The fraction of sp³-hybridized carbons (Fsp3) is 0.381. The summed E-state index contributed by atoms with van der Waals surface area (Å²) in [4.78, 5) is 28.0. The molecule has 5 nitrogen and oxygen atoms in total. The average Bonchev–Trinajstić information content (AvgIpc) is 2.91. The summed E-state index contributed by atoms with van der Waals surface area (Å²) in [5, 5.41) is 6.30. The van der Waals surface area contributed by atoms with Crippen LogP contribution in [0.5, 0.6) is 0 Å². The van der Waals surface area contributed by atoms with Gasteiger partial charge in [0.2, 0.25) is 0 Å². The average molecular weight is 351 g/mol. The first-order valence-electron chi connectivity index (χ1n) is 9.27. The first kappa shape index (κ1) is 18.1. The van der Waals surface area contributed by atoms with Crippen molar-refractivity contribution in [3.63, 3.8) is 0 Å². The van der Waals surface area contributed by atoms with Gasteiger partial charge in [0, 0.05) is 23.5 Å². The highest BCUT2D eigenvalue weighted by molar-refractivity contribution is 5.95. The van der Waals surface area contributed by atoms with Gasteiger partial charge in [0.1, 0.15) is 5.82 Å². The van der Waals surface area contributed by atoms with Crippen molar-refractivity contribution in [1.82, 2.24) is 10.3 Å². The van der Waals surface area contributed by atoms with Gasteiger partial charge < -0.3 is 10.6 Å².